The van der Waals surface area contributed by atoms with E-state index < -0.39 is 0 Å². The van der Waals surface area contributed by atoms with Crippen LogP contribution in [0, 0.1) is 0 Å². The van der Waals surface area contributed by atoms with E-state index in [2.05, 4.69) is 4.99 Å². The molecule has 5 nitrogen and oxygen atoms in total. The van der Waals surface area contributed by atoms with Crippen molar-refractivity contribution in [2.75, 3.05) is 14.2 Å². The second kappa shape index (κ2) is 6.35. The molecule has 0 radical (unpaired) electrons. The van der Waals surface area contributed by atoms with Gasteiger partial charge in [0.1, 0.15) is 0 Å². The number of aryl methyl sites for hydroxylation is 1. The first-order valence-electron chi connectivity index (χ1n) is 6.59. The lowest BCUT2D eigenvalue weighted by atomic mass is 10.3. The Morgan fingerprint density at radius 1 is 1.17 bits per heavy atom. The molecule has 3 rings (SSSR count). The highest BCUT2D eigenvalue weighted by Crippen LogP contribution is 2.33. The molecule has 0 spiro atoms. The normalized spacial score (nSPS) is 11.9. The van der Waals surface area contributed by atoms with Crippen LogP contribution in [0.25, 0.3) is 10.2 Å². The SMILES string of the molecule is COc1cc2sc(=NC(=O)c3ccc(Cl)s3)n(C)c2cc1OC. The predicted molar refractivity (Wildman–Crippen MR) is 93.1 cm³/mol. The third kappa shape index (κ3) is 2.99. The zero-order valence-corrected chi connectivity index (χ0v) is 15.0. The van der Waals surface area contributed by atoms with E-state index >= 15 is 0 Å². The minimum Gasteiger partial charge on any atom is -0.493 e. The Morgan fingerprint density at radius 2 is 1.87 bits per heavy atom. The topological polar surface area (TPSA) is 52.8 Å². The Labute approximate surface area is 145 Å². The molecule has 0 aliphatic rings. The van der Waals surface area contributed by atoms with Crippen molar-refractivity contribution >= 4 is 50.4 Å². The number of carbonyl (C=O) groups excluding carboxylic acids is 1. The number of thiazole rings is 1. The molecule has 2 heterocycles. The molecule has 0 unspecified atom stereocenters. The van der Waals surface area contributed by atoms with Crippen LogP contribution in [-0.4, -0.2) is 24.7 Å². The van der Waals surface area contributed by atoms with Crippen LogP contribution in [-0.2, 0) is 7.05 Å². The van der Waals surface area contributed by atoms with E-state index in [1.165, 1.54) is 22.7 Å². The van der Waals surface area contributed by atoms with Crippen LogP contribution in [0.15, 0.2) is 29.3 Å². The molecule has 2 aromatic heterocycles. The highest BCUT2D eigenvalue weighted by molar-refractivity contribution is 7.18. The van der Waals surface area contributed by atoms with Gasteiger partial charge >= 0.3 is 0 Å². The molecule has 0 aliphatic heterocycles. The molecule has 1 amide bonds. The van der Waals surface area contributed by atoms with E-state index in [4.69, 9.17) is 21.1 Å². The Morgan fingerprint density at radius 3 is 2.48 bits per heavy atom. The summed E-state index contributed by atoms with van der Waals surface area (Å²) in [6.07, 6.45) is 0. The fourth-order valence-electron chi connectivity index (χ4n) is 2.13. The number of thiophene rings is 1. The van der Waals surface area contributed by atoms with Gasteiger partial charge in [-0.1, -0.05) is 22.9 Å². The van der Waals surface area contributed by atoms with Gasteiger partial charge in [-0.3, -0.25) is 4.79 Å². The van der Waals surface area contributed by atoms with Crippen LogP contribution in [0.5, 0.6) is 11.5 Å². The summed E-state index contributed by atoms with van der Waals surface area (Å²) in [5.74, 6) is 0.976. The summed E-state index contributed by atoms with van der Waals surface area (Å²) in [6.45, 7) is 0. The van der Waals surface area contributed by atoms with Crippen LogP contribution in [0.2, 0.25) is 4.34 Å². The van der Waals surface area contributed by atoms with Crippen molar-refractivity contribution in [2.45, 2.75) is 0 Å². The maximum atomic E-state index is 12.2. The monoisotopic (exact) mass is 368 g/mol. The van der Waals surface area contributed by atoms with Gasteiger partial charge < -0.3 is 14.0 Å². The zero-order valence-electron chi connectivity index (χ0n) is 12.6. The number of aromatic nitrogens is 1. The lowest BCUT2D eigenvalue weighted by Gasteiger charge is -2.07. The largest absolute Gasteiger partial charge is 0.493 e. The second-order valence-corrected chi connectivity index (χ2v) is 7.36. The smallest absolute Gasteiger partial charge is 0.289 e. The van der Waals surface area contributed by atoms with Crippen LogP contribution in [0.3, 0.4) is 0 Å². The summed E-state index contributed by atoms with van der Waals surface area (Å²) in [4.78, 5) is 17.6. The van der Waals surface area contributed by atoms with Gasteiger partial charge in [-0.05, 0) is 12.1 Å². The van der Waals surface area contributed by atoms with Gasteiger partial charge in [-0.25, -0.2) is 0 Å². The van der Waals surface area contributed by atoms with Crippen LogP contribution >= 0.6 is 34.3 Å². The first-order valence-corrected chi connectivity index (χ1v) is 8.60. The van der Waals surface area contributed by atoms with Crippen LogP contribution < -0.4 is 14.3 Å². The van der Waals surface area contributed by atoms with E-state index in [-0.39, 0.29) is 5.91 Å². The summed E-state index contributed by atoms with van der Waals surface area (Å²) in [5.41, 5.74) is 0.920. The summed E-state index contributed by atoms with van der Waals surface area (Å²) >= 11 is 8.50. The van der Waals surface area contributed by atoms with Crippen molar-refractivity contribution in [1.82, 2.24) is 4.57 Å². The molecule has 0 atom stereocenters. The fraction of sp³-hybridized carbons (Fsp3) is 0.200. The standard InChI is InChI=1S/C15H13ClN2O3S2/c1-18-8-6-9(20-2)10(21-3)7-12(8)23-15(18)17-14(19)11-4-5-13(16)22-11/h4-7H,1-3H3. The lowest BCUT2D eigenvalue weighted by molar-refractivity contribution is 0.100. The zero-order chi connectivity index (χ0) is 16.6. The molecule has 0 bridgehead atoms. The molecule has 0 saturated carbocycles. The van der Waals surface area contributed by atoms with E-state index in [1.807, 2.05) is 23.7 Å². The van der Waals surface area contributed by atoms with Crippen molar-refractivity contribution in [1.29, 1.82) is 0 Å². The average molecular weight is 369 g/mol. The molecule has 23 heavy (non-hydrogen) atoms. The summed E-state index contributed by atoms with van der Waals surface area (Å²) < 4.78 is 14.0. The summed E-state index contributed by atoms with van der Waals surface area (Å²) in [5, 5.41) is 0. The second-order valence-electron chi connectivity index (χ2n) is 4.64. The van der Waals surface area contributed by atoms with E-state index in [9.17, 15) is 4.79 Å². The number of nitrogens with zero attached hydrogens (tertiary/aromatic N) is 2. The van der Waals surface area contributed by atoms with Gasteiger partial charge in [-0.15, -0.1) is 11.3 Å². The van der Waals surface area contributed by atoms with Crippen molar-refractivity contribution in [2.24, 2.45) is 12.0 Å². The summed E-state index contributed by atoms with van der Waals surface area (Å²) in [7, 11) is 5.04. The summed E-state index contributed by atoms with van der Waals surface area (Å²) in [6, 6.07) is 7.12. The van der Waals surface area contributed by atoms with E-state index in [0.717, 1.165) is 10.2 Å². The molecule has 0 N–H and O–H groups in total. The van der Waals surface area contributed by atoms with Crippen LogP contribution in [0.1, 0.15) is 9.67 Å². The third-order valence-corrected chi connectivity index (χ3v) is 5.61. The van der Waals surface area contributed by atoms with Gasteiger partial charge in [-0.2, -0.15) is 4.99 Å². The Hall–Kier alpha value is -1.83. The third-order valence-electron chi connectivity index (χ3n) is 3.30. The molecular weight excluding hydrogens is 356 g/mol. The molecule has 120 valence electrons. The highest BCUT2D eigenvalue weighted by atomic mass is 35.5. The van der Waals surface area contributed by atoms with Crippen molar-refractivity contribution in [3.63, 3.8) is 0 Å². The number of halogens is 1. The van der Waals surface area contributed by atoms with Crippen molar-refractivity contribution in [3.8, 4) is 11.5 Å². The van der Waals surface area contributed by atoms with Gasteiger partial charge in [0.05, 0.1) is 33.6 Å². The van der Waals surface area contributed by atoms with Crippen LogP contribution in [0.4, 0.5) is 0 Å². The molecule has 0 aliphatic carbocycles. The van der Waals surface area contributed by atoms with Crippen molar-refractivity contribution in [3.05, 3.63) is 38.3 Å². The Bertz CT molecular complexity index is 955. The number of ether oxygens (including phenoxy) is 2. The van der Waals surface area contributed by atoms with E-state index in [1.54, 1.807) is 26.4 Å². The molecule has 0 saturated heterocycles. The highest BCUT2D eigenvalue weighted by Gasteiger charge is 2.12. The predicted octanol–water partition coefficient (Wildman–Crippen LogP) is 3.71. The number of rotatable bonds is 3. The number of hydrogen-bond donors (Lipinski definition) is 0. The first kappa shape index (κ1) is 16.0. The molecule has 8 heteroatoms. The van der Waals surface area contributed by atoms with Crippen molar-refractivity contribution < 1.29 is 14.3 Å². The van der Waals surface area contributed by atoms with E-state index in [0.29, 0.717) is 25.5 Å². The molecule has 1 aromatic carbocycles. The molecule has 3 aromatic rings. The Balaban J connectivity index is 2.13. The molecular formula is C15H13ClN2O3S2. The minimum absolute atomic E-state index is 0.303. The average Bonchev–Trinajstić information content (AvgIpc) is 3.10. The maximum absolute atomic E-state index is 12.2. The van der Waals surface area contributed by atoms with Gasteiger partial charge in [0.25, 0.3) is 5.91 Å². The molecule has 0 fully saturated rings. The number of benzene rings is 1. The Kier molecular flexibility index (Phi) is 4.43. The van der Waals surface area contributed by atoms with Gasteiger partial charge in [0, 0.05) is 19.2 Å². The van der Waals surface area contributed by atoms with Gasteiger partial charge in [0.2, 0.25) is 0 Å². The number of amides is 1. The number of methoxy groups -OCH3 is 2. The number of fused-ring (bicyclic) bond motifs is 1. The quantitative estimate of drug-likeness (QED) is 0.708. The number of carbonyl (C=O) groups is 1. The first-order chi connectivity index (χ1) is 11.0. The minimum atomic E-state index is -0.303. The van der Waals surface area contributed by atoms with Gasteiger partial charge in [0.15, 0.2) is 16.3 Å². The fourth-order valence-corrected chi connectivity index (χ4v) is 4.09. The number of hydrogen-bond acceptors (Lipinski definition) is 5. The lowest BCUT2D eigenvalue weighted by Crippen LogP contribution is -2.12. The maximum Gasteiger partial charge on any atom is 0.289 e.